The molecule has 0 aliphatic rings. The molecule has 0 saturated carbocycles. The first-order valence-corrected chi connectivity index (χ1v) is 13.6. The van der Waals surface area contributed by atoms with Crippen LogP contribution in [0.2, 0.25) is 0 Å². The summed E-state index contributed by atoms with van der Waals surface area (Å²) < 4.78 is 16.2. The second-order valence-corrected chi connectivity index (χ2v) is 15.1. The van der Waals surface area contributed by atoms with Crippen LogP contribution in [0.3, 0.4) is 0 Å². The minimum absolute atomic E-state index is 0.830. The van der Waals surface area contributed by atoms with Crippen molar-refractivity contribution in [3.8, 4) is 17.2 Å². The molecule has 0 aliphatic heterocycles. The van der Waals surface area contributed by atoms with Gasteiger partial charge in [0.2, 0.25) is 0 Å². The average molecular weight is 473 g/mol. The fourth-order valence-corrected chi connectivity index (χ4v) is 10.6. The van der Waals surface area contributed by atoms with E-state index in [0.29, 0.717) is 0 Å². The van der Waals surface area contributed by atoms with Gasteiger partial charge in [0.25, 0.3) is 0 Å². The quantitative estimate of drug-likeness (QED) is 0.431. The van der Waals surface area contributed by atoms with Gasteiger partial charge in [-0.2, -0.15) is 0 Å². The Kier molecular flexibility index (Phi) is 6.36. The molecular formula is C24H26BrO3P. The van der Waals surface area contributed by atoms with Gasteiger partial charge in [0.1, 0.15) is 0 Å². The summed E-state index contributed by atoms with van der Waals surface area (Å²) >= 11 is 4.34. The summed E-state index contributed by atoms with van der Waals surface area (Å²) in [5, 5.41) is 0.478. The van der Waals surface area contributed by atoms with Gasteiger partial charge in [-0.1, -0.05) is 0 Å². The van der Waals surface area contributed by atoms with E-state index in [0.717, 1.165) is 17.2 Å². The van der Waals surface area contributed by atoms with Crippen LogP contribution in [0.1, 0.15) is 6.92 Å². The monoisotopic (exact) mass is 472 g/mol. The molecule has 29 heavy (non-hydrogen) atoms. The number of allylic oxidation sites excluding steroid dienone is 1. The van der Waals surface area contributed by atoms with E-state index < -0.39 is 5.31 Å². The van der Waals surface area contributed by atoms with Crippen molar-refractivity contribution in [3.05, 3.63) is 84.7 Å². The van der Waals surface area contributed by atoms with E-state index in [4.69, 9.17) is 14.2 Å². The topological polar surface area (TPSA) is 27.7 Å². The van der Waals surface area contributed by atoms with Crippen molar-refractivity contribution < 1.29 is 14.2 Å². The van der Waals surface area contributed by atoms with Crippen LogP contribution >= 0.6 is 20.8 Å². The van der Waals surface area contributed by atoms with Gasteiger partial charge in [-0.15, -0.1) is 0 Å². The maximum atomic E-state index is 5.39. The predicted octanol–water partition coefficient (Wildman–Crippen LogP) is 5.39. The van der Waals surface area contributed by atoms with Crippen molar-refractivity contribution in [1.29, 1.82) is 0 Å². The van der Waals surface area contributed by atoms with E-state index in [9.17, 15) is 0 Å². The Morgan fingerprint density at radius 3 is 1.07 bits per heavy atom. The molecule has 0 aromatic heterocycles. The number of hydrogen-bond donors (Lipinski definition) is 0. The van der Waals surface area contributed by atoms with E-state index in [2.05, 4.69) is 70.7 Å². The first kappa shape index (κ1) is 21.4. The second-order valence-electron chi connectivity index (χ2n) is 6.65. The number of rotatable bonds is 7. The molecule has 5 heteroatoms. The minimum atomic E-state index is -3.08. The number of hydrogen-bond acceptors (Lipinski definition) is 3. The third-order valence-electron chi connectivity index (χ3n) is 5.16. The van der Waals surface area contributed by atoms with Crippen LogP contribution in [0.5, 0.6) is 17.2 Å². The molecule has 0 unspecified atom stereocenters. The number of benzene rings is 3. The second kappa shape index (κ2) is 8.61. The molecular weight excluding hydrogens is 447 g/mol. The van der Waals surface area contributed by atoms with E-state index in [1.807, 2.05) is 36.4 Å². The molecule has 0 fully saturated rings. The number of halogens is 1. The van der Waals surface area contributed by atoms with Crippen LogP contribution in [-0.2, 0) is 0 Å². The summed E-state index contributed by atoms with van der Waals surface area (Å²) in [5.74, 6) is 4.79. The zero-order valence-electron chi connectivity index (χ0n) is 17.1. The molecule has 152 valence electrons. The Hall–Kier alpha value is -2.29. The van der Waals surface area contributed by atoms with Crippen LogP contribution in [0.4, 0.5) is 0 Å². The van der Waals surface area contributed by atoms with Gasteiger partial charge in [-0.05, 0) is 0 Å². The summed E-state index contributed by atoms with van der Waals surface area (Å²) in [5.41, 5.74) is 0. The van der Waals surface area contributed by atoms with E-state index in [1.165, 1.54) is 15.9 Å². The molecule has 0 radical (unpaired) electrons. The first-order valence-electron chi connectivity index (χ1n) is 9.31. The zero-order chi connectivity index (χ0) is 20.9. The summed E-state index contributed by atoms with van der Waals surface area (Å²) in [6, 6.07) is 24.9. The molecule has 0 bridgehead atoms. The Balaban J connectivity index is 2.37. The van der Waals surface area contributed by atoms with Crippen LogP contribution < -0.4 is 30.1 Å². The molecule has 3 nitrogen and oxygen atoms in total. The first-order chi connectivity index (χ1) is 14.0. The molecule has 0 atom stereocenters. The molecule has 3 rings (SSSR count). The number of methoxy groups -OCH3 is 3. The fraction of sp³-hybridized carbons (Fsp3) is 0.167. The molecule has 0 aliphatic carbocycles. The van der Waals surface area contributed by atoms with Crippen molar-refractivity contribution in [1.82, 2.24) is 0 Å². The molecule has 0 spiro atoms. The van der Waals surface area contributed by atoms with Crippen LogP contribution in [0, 0.1) is 0 Å². The van der Waals surface area contributed by atoms with Gasteiger partial charge < -0.3 is 0 Å². The van der Waals surface area contributed by atoms with Gasteiger partial charge in [-0.3, -0.25) is 0 Å². The molecule has 0 saturated heterocycles. The van der Waals surface area contributed by atoms with Gasteiger partial charge in [-0.25, -0.2) is 0 Å². The molecule has 0 amide bonds. The summed E-state index contributed by atoms with van der Waals surface area (Å²) in [6.07, 6.45) is 2.12. The van der Waals surface area contributed by atoms with Gasteiger partial charge >= 0.3 is 181 Å². The van der Waals surface area contributed by atoms with Crippen LogP contribution in [-0.4, -0.2) is 21.3 Å². The van der Waals surface area contributed by atoms with E-state index in [1.54, 1.807) is 21.3 Å². The average Bonchev–Trinajstić information content (AvgIpc) is 2.79. The summed E-state index contributed by atoms with van der Waals surface area (Å²) in [4.78, 5) is 0. The maximum absolute atomic E-state index is 5.39. The predicted molar refractivity (Wildman–Crippen MR) is 129 cm³/mol. The van der Waals surface area contributed by atoms with Crippen molar-refractivity contribution in [2.24, 2.45) is 0 Å². The third kappa shape index (κ3) is 3.68. The Bertz CT molecular complexity index is 862. The number of ether oxygens (including phenoxy) is 3. The molecule has 0 N–H and O–H groups in total. The van der Waals surface area contributed by atoms with Crippen LogP contribution in [0.15, 0.2) is 84.7 Å². The van der Waals surface area contributed by atoms with E-state index in [-0.39, 0.29) is 0 Å². The van der Waals surface area contributed by atoms with Gasteiger partial charge in [0, 0.05) is 0 Å². The zero-order valence-corrected chi connectivity index (χ0v) is 19.6. The van der Waals surface area contributed by atoms with Crippen molar-refractivity contribution >= 4 is 36.7 Å². The van der Waals surface area contributed by atoms with Crippen LogP contribution in [0.25, 0.3) is 0 Å². The third-order valence-corrected chi connectivity index (χ3v) is 14.3. The molecule has 0 heterocycles. The standard InChI is InChI=1S/C24H26BrO3P/c1-5-18-29(25,22-12-6-19(26-2)7-13-22,23-14-8-20(27-3)9-15-23)24-16-10-21(28-4)11-17-24/h5-18H,1-4H3/b18-5+. The fourth-order valence-electron chi connectivity index (χ4n) is 3.61. The Morgan fingerprint density at radius 1 is 0.586 bits per heavy atom. The van der Waals surface area contributed by atoms with E-state index >= 15 is 0 Å². The van der Waals surface area contributed by atoms with Gasteiger partial charge in [0.15, 0.2) is 0 Å². The van der Waals surface area contributed by atoms with Crippen molar-refractivity contribution in [2.45, 2.75) is 6.92 Å². The Labute approximate surface area is 181 Å². The molecule has 3 aromatic carbocycles. The van der Waals surface area contributed by atoms with Crippen molar-refractivity contribution in [3.63, 3.8) is 0 Å². The van der Waals surface area contributed by atoms with Crippen molar-refractivity contribution in [2.75, 3.05) is 21.3 Å². The normalized spacial score (nSPS) is 12.9. The molecule has 3 aromatic rings. The Morgan fingerprint density at radius 2 is 0.862 bits per heavy atom. The summed E-state index contributed by atoms with van der Waals surface area (Å²) in [7, 11) is 5.05. The SMILES string of the molecule is C/C=C/P(Br)(c1ccc(OC)cc1)(c1ccc(OC)cc1)c1ccc(OC)cc1. The summed E-state index contributed by atoms with van der Waals surface area (Å²) in [6.45, 7) is 2.05. The van der Waals surface area contributed by atoms with Gasteiger partial charge in [0.05, 0.1) is 0 Å².